The average molecular weight is 491 g/mol. The maximum absolute atomic E-state index is 14.1. The van der Waals surface area contributed by atoms with E-state index in [9.17, 15) is 19.1 Å². The van der Waals surface area contributed by atoms with Gasteiger partial charge < -0.3 is 29.0 Å². The fourth-order valence-corrected chi connectivity index (χ4v) is 4.42. The molecular weight excluding hydrogens is 469 g/mol. The number of nitrogens with zero attached hydrogens (tertiary/aromatic N) is 1. The topological polar surface area (TPSA) is 94.5 Å². The highest BCUT2D eigenvalue weighted by Gasteiger charge is 2.46. The van der Waals surface area contributed by atoms with Gasteiger partial charge >= 0.3 is 0 Å². The number of aliphatic hydroxyl groups is 1. The van der Waals surface area contributed by atoms with Crippen LogP contribution in [0.2, 0.25) is 0 Å². The zero-order chi connectivity index (χ0) is 25.4. The van der Waals surface area contributed by atoms with Gasteiger partial charge in [-0.05, 0) is 53.6 Å². The van der Waals surface area contributed by atoms with Crippen LogP contribution in [0.15, 0.2) is 66.2 Å². The number of carbonyl (C=O) groups excluding carboxylic acids is 2. The van der Waals surface area contributed by atoms with E-state index in [-0.39, 0.29) is 30.2 Å². The molecule has 0 saturated carbocycles. The summed E-state index contributed by atoms with van der Waals surface area (Å²) in [6.45, 7) is 0.152. The number of halogens is 1. The molecule has 1 atom stereocenters. The lowest BCUT2D eigenvalue weighted by Gasteiger charge is -2.26. The van der Waals surface area contributed by atoms with Gasteiger partial charge in [-0.25, -0.2) is 4.39 Å². The maximum Gasteiger partial charge on any atom is 0.295 e. The summed E-state index contributed by atoms with van der Waals surface area (Å²) in [5.41, 5.74) is 1.06. The predicted octanol–water partition coefficient (Wildman–Crippen LogP) is 4.19. The Morgan fingerprint density at radius 1 is 1.00 bits per heavy atom. The summed E-state index contributed by atoms with van der Waals surface area (Å²) in [5, 5.41) is 11.3. The lowest BCUT2D eigenvalue weighted by Crippen LogP contribution is -2.29. The standard InChI is InChI=1S/C27H22FNO7/c1-33-18-7-4-16(5-8-18)24-23(25(30)19-12-17(28)6-10-20(19)34-2)26(31)27(32)29(24)13-15-3-9-21-22(11-15)36-14-35-21/h3-12,24,30H,13-14H2,1-2H3/b25-23+. The molecule has 36 heavy (non-hydrogen) atoms. The van der Waals surface area contributed by atoms with Crippen molar-refractivity contribution in [1.29, 1.82) is 0 Å². The second-order valence-electron chi connectivity index (χ2n) is 8.23. The molecular formula is C27H22FNO7. The summed E-state index contributed by atoms with van der Waals surface area (Å²) in [6, 6.07) is 14.7. The van der Waals surface area contributed by atoms with Crippen molar-refractivity contribution in [3.8, 4) is 23.0 Å². The number of benzene rings is 3. The third-order valence-electron chi connectivity index (χ3n) is 6.18. The summed E-state index contributed by atoms with van der Waals surface area (Å²) >= 11 is 0. The van der Waals surface area contributed by atoms with Gasteiger partial charge in [0.05, 0.1) is 31.4 Å². The fraction of sp³-hybridized carbons (Fsp3) is 0.185. The molecule has 1 N–H and O–H groups in total. The molecule has 3 aromatic carbocycles. The minimum Gasteiger partial charge on any atom is -0.507 e. The molecule has 0 aliphatic carbocycles. The van der Waals surface area contributed by atoms with E-state index in [0.717, 1.165) is 6.07 Å². The summed E-state index contributed by atoms with van der Waals surface area (Å²) in [5.74, 6) is -0.986. The van der Waals surface area contributed by atoms with Crippen LogP contribution in [0, 0.1) is 5.82 Å². The summed E-state index contributed by atoms with van der Waals surface area (Å²) < 4.78 is 35.4. The Hall–Kier alpha value is -4.53. The maximum atomic E-state index is 14.1. The number of ether oxygens (including phenoxy) is 4. The zero-order valence-electron chi connectivity index (χ0n) is 19.5. The largest absolute Gasteiger partial charge is 0.507 e. The highest BCUT2D eigenvalue weighted by atomic mass is 19.1. The first-order chi connectivity index (χ1) is 17.4. The third kappa shape index (κ3) is 3.98. The van der Waals surface area contributed by atoms with Gasteiger partial charge in [0.2, 0.25) is 6.79 Å². The molecule has 1 saturated heterocycles. The van der Waals surface area contributed by atoms with E-state index in [1.165, 1.54) is 31.3 Å². The Morgan fingerprint density at radius 3 is 2.47 bits per heavy atom. The number of hydrogen-bond donors (Lipinski definition) is 1. The molecule has 0 aromatic heterocycles. The van der Waals surface area contributed by atoms with Crippen LogP contribution in [0.5, 0.6) is 23.0 Å². The van der Waals surface area contributed by atoms with E-state index in [1.54, 1.807) is 42.5 Å². The van der Waals surface area contributed by atoms with Crippen LogP contribution in [-0.4, -0.2) is 42.7 Å². The van der Waals surface area contributed by atoms with Crippen LogP contribution in [0.4, 0.5) is 4.39 Å². The first kappa shape index (κ1) is 23.2. The summed E-state index contributed by atoms with van der Waals surface area (Å²) in [7, 11) is 2.89. The van der Waals surface area contributed by atoms with Crippen molar-refractivity contribution in [2.75, 3.05) is 21.0 Å². The van der Waals surface area contributed by atoms with Crippen molar-refractivity contribution in [3.05, 3.63) is 88.7 Å². The molecule has 9 heteroatoms. The SMILES string of the molecule is COc1ccc(C2/C(=C(\O)c3cc(F)ccc3OC)C(=O)C(=O)N2Cc2ccc3c(c2)OCO3)cc1. The molecule has 2 aliphatic rings. The minimum absolute atomic E-state index is 0.0305. The van der Waals surface area contributed by atoms with Gasteiger partial charge in [-0.15, -0.1) is 0 Å². The molecule has 0 spiro atoms. The van der Waals surface area contributed by atoms with E-state index >= 15 is 0 Å². The van der Waals surface area contributed by atoms with Crippen molar-refractivity contribution in [2.24, 2.45) is 0 Å². The van der Waals surface area contributed by atoms with Gasteiger partial charge in [-0.2, -0.15) is 0 Å². The third-order valence-corrected chi connectivity index (χ3v) is 6.18. The first-order valence-corrected chi connectivity index (χ1v) is 11.1. The van der Waals surface area contributed by atoms with Crippen molar-refractivity contribution >= 4 is 17.4 Å². The quantitative estimate of drug-likeness (QED) is 0.314. The van der Waals surface area contributed by atoms with Crippen LogP contribution in [-0.2, 0) is 16.1 Å². The van der Waals surface area contributed by atoms with E-state index in [4.69, 9.17) is 18.9 Å². The molecule has 184 valence electrons. The van der Waals surface area contributed by atoms with Crippen LogP contribution < -0.4 is 18.9 Å². The lowest BCUT2D eigenvalue weighted by molar-refractivity contribution is -0.140. The minimum atomic E-state index is -0.950. The number of carbonyl (C=O) groups is 2. The average Bonchev–Trinajstić information content (AvgIpc) is 3.46. The molecule has 0 radical (unpaired) electrons. The van der Waals surface area contributed by atoms with Gasteiger partial charge in [-0.3, -0.25) is 9.59 Å². The van der Waals surface area contributed by atoms with Crippen LogP contribution >= 0.6 is 0 Å². The van der Waals surface area contributed by atoms with Gasteiger partial charge in [0.1, 0.15) is 23.1 Å². The van der Waals surface area contributed by atoms with Crippen LogP contribution in [0.1, 0.15) is 22.7 Å². The molecule has 3 aromatic rings. The van der Waals surface area contributed by atoms with Crippen molar-refractivity contribution in [1.82, 2.24) is 4.90 Å². The second-order valence-corrected chi connectivity index (χ2v) is 8.23. The summed E-state index contributed by atoms with van der Waals surface area (Å²) in [6.07, 6.45) is 0. The zero-order valence-corrected chi connectivity index (χ0v) is 19.5. The van der Waals surface area contributed by atoms with Crippen LogP contribution in [0.25, 0.3) is 5.76 Å². The number of methoxy groups -OCH3 is 2. The van der Waals surface area contributed by atoms with E-state index in [1.807, 2.05) is 0 Å². The Kier molecular flexibility index (Phi) is 5.97. The van der Waals surface area contributed by atoms with E-state index in [2.05, 4.69) is 0 Å². The number of likely N-dealkylation sites (tertiary alicyclic amines) is 1. The number of hydrogen-bond acceptors (Lipinski definition) is 7. The number of Topliss-reactive ketones (excluding diaryl/α,β-unsaturated/α-hetero) is 1. The Bertz CT molecular complexity index is 1380. The van der Waals surface area contributed by atoms with Crippen molar-refractivity contribution < 1.29 is 38.0 Å². The number of ketones is 1. The van der Waals surface area contributed by atoms with Gasteiger partial charge in [0.25, 0.3) is 11.7 Å². The second kappa shape index (κ2) is 9.26. The number of fused-ring (bicyclic) bond motifs is 1. The summed E-state index contributed by atoms with van der Waals surface area (Å²) in [4.78, 5) is 27.9. The van der Waals surface area contributed by atoms with E-state index in [0.29, 0.717) is 28.4 Å². The molecule has 5 rings (SSSR count). The molecule has 1 unspecified atom stereocenters. The highest BCUT2D eigenvalue weighted by molar-refractivity contribution is 6.46. The first-order valence-electron chi connectivity index (χ1n) is 11.1. The molecule has 2 heterocycles. The monoisotopic (exact) mass is 491 g/mol. The van der Waals surface area contributed by atoms with Crippen LogP contribution in [0.3, 0.4) is 0 Å². The highest BCUT2D eigenvalue weighted by Crippen LogP contribution is 2.43. The van der Waals surface area contributed by atoms with E-state index < -0.39 is 29.3 Å². The molecule has 2 aliphatic heterocycles. The molecule has 1 amide bonds. The lowest BCUT2D eigenvalue weighted by atomic mass is 9.94. The molecule has 1 fully saturated rings. The van der Waals surface area contributed by atoms with Gasteiger partial charge in [0.15, 0.2) is 11.5 Å². The Morgan fingerprint density at radius 2 is 1.75 bits per heavy atom. The number of rotatable bonds is 6. The number of amides is 1. The van der Waals surface area contributed by atoms with Gasteiger partial charge in [0, 0.05) is 6.54 Å². The normalized spacial score (nSPS) is 18.0. The number of aliphatic hydroxyl groups excluding tert-OH is 1. The Balaban J connectivity index is 1.64. The predicted molar refractivity (Wildman–Crippen MR) is 126 cm³/mol. The Labute approximate surface area is 206 Å². The van der Waals surface area contributed by atoms with Gasteiger partial charge in [-0.1, -0.05) is 18.2 Å². The van der Waals surface area contributed by atoms with Crippen molar-refractivity contribution in [2.45, 2.75) is 12.6 Å². The van der Waals surface area contributed by atoms with Crippen molar-refractivity contribution in [3.63, 3.8) is 0 Å². The molecule has 8 nitrogen and oxygen atoms in total. The molecule has 0 bridgehead atoms. The fourth-order valence-electron chi connectivity index (χ4n) is 4.42. The smallest absolute Gasteiger partial charge is 0.295 e.